The predicted molar refractivity (Wildman–Crippen MR) is 90.9 cm³/mol. The van der Waals surface area contributed by atoms with Crippen LogP contribution in [0.15, 0.2) is 45.3 Å². The number of carboxylic acids is 1. The molecule has 0 aliphatic rings. The molecule has 1 atom stereocenters. The summed E-state index contributed by atoms with van der Waals surface area (Å²) < 4.78 is 11.9. The molecule has 0 saturated heterocycles. The molecule has 2 N–H and O–H groups in total. The zero-order valence-electron chi connectivity index (χ0n) is 13.1. The van der Waals surface area contributed by atoms with Crippen LogP contribution in [0.3, 0.4) is 0 Å². The zero-order valence-corrected chi connectivity index (χ0v) is 14.7. The number of carbonyl (C=O) groups excluding carboxylic acids is 1. The fraction of sp³-hybridized carbons (Fsp3) is 0.294. The number of furan rings is 1. The van der Waals surface area contributed by atoms with Gasteiger partial charge in [0.15, 0.2) is 5.76 Å². The van der Waals surface area contributed by atoms with E-state index >= 15 is 0 Å². The Bertz CT molecular complexity index is 713. The highest BCUT2D eigenvalue weighted by molar-refractivity contribution is 9.10. The Kier molecular flexibility index (Phi) is 6.43. The molecule has 2 aromatic rings. The van der Waals surface area contributed by atoms with Crippen LogP contribution in [-0.2, 0) is 11.4 Å². The van der Waals surface area contributed by atoms with Crippen molar-refractivity contribution in [2.24, 2.45) is 5.92 Å². The van der Waals surface area contributed by atoms with Crippen molar-refractivity contribution in [1.29, 1.82) is 0 Å². The van der Waals surface area contributed by atoms with Gasteiger partial charge in [0.1, 0.15) is 18.1 Å². The summed E-state index contributed by atoms with van der Waals surface area (Å²) in [4.78, 5) is 22.6. The van der Waals surface area contributed by atoms with Gasteiger partial charge in [-0.3, -0.25) is 9.59 Å². The minimum atomic E-state index is -0.887. The summed E-state index contributed by atoms with van der Waals surface area (Å²) in [6.45, 7) is 2.24. The van der Waals surface area contributed by atoms with Crippen LogP contribution in [0.5, 0.6) is 5.75 Å². The fourth-order valence-corrected chi connectivity index (χ4v) is 2.39. The molecule has 1 heterocycles. The largest absolute Gasteiger partial charge is 0.486 e. The molecule has 24 heavy (non-hydrogen) atoms. The number of carbonyl (C=O) groups is 2. The number of hydrogen-bond donors (Lipinski definition) is 2. The second kappa shape index (κ2) is 8.54. The lowest BCUT2D eigenvalue weighted by Crippen LogP contribution is -2.28. The molecule has 0 spiro atoms. The van der Waals surface area contributed by atoms with Gasteiger partial charge in [-0.2, -0.15) is 0 Å². The van der Waals surface area contributed by atoms with Gasteiger partial charge >= 0.3 is 5.97 Å². The molecule has 1 unspecified atom stereocenters. The van der Waals surface area contributed by atoms with Crippen molar-refractivity contribution in [3.05, 3.63) is 52.4 Å². The molecule has 0 radical (unpaired) electrons. The first-order valence-electron chi connectivity index (χ1n) is 7.41. The van der Waals surface area contributed by atoms with Crippen LogP contribution >= 0.6 is 15.9 Å². The van der Waals surface area contributed by atoms with E-state index in [-0.39, 0.29) is 37.2 Å². The van der Waals surface area contributed by atoms with Crippen LogP contribution < -0.4 is 10.1 Å². The molecule has 0 fully saturated rings. The maximum absolute atomic E-state index is 12.0. The first kappa shape index (κ1) is 18.1. The third kappa shape index (κ3) is 5.73. The Hall–Kier alpha value is -2.28. The number of halogens is 1. The van der Waals surface area contributed by atoms with E-state index in [9.17, 15) is 9.59 Å². The third-order valence-corrected chi connectivity index (χ3v) is 3.69. The van der Waals surface area contributed by atoms with E-state index in [0.717, 1.165) is 4.47 Å². The molecule has 1 aromatic heterocycles. The van der Waals surface area contributed by atoms with Crippen molar-refractivity contribution in [3.8, 4) is 5.75 Å². The summed E-state index contributed by atoms with van der Waals surface area (Å²) in [6.07, 6.45) is 0.00413. The van der Waals surface area contributed by atoms with Crippen molar-refractivity contribution >= 4 is 27.8 Å². The molecular formula is C17H18BrNO5. The second-order valence-electron chi connectivity index (χ2n) is 5.43. The highest BCUT2D eigenvalue weighted by Gasteiger charge is 2.14. The van der Waals surface area contributed by atoms with E-state index in [4.69, 9.17) is 14.3 Å². The lowest BCUT2D eigenvalue weighted by molar-refractivity contribution is -0.137. The van der Waals surface area contributed by atoms with E-state index in [1.165, 1.54) is 0 Å². The summed E-state index contributed by atoms with van der Waals surface area (Å²) >= 11 is 3.36. The van der Waals surface area contributed by atoms with Gasteiger partial charge in [-0.25, -0.2) is 0 Å². The number of benzene rings is 1. The summed E-state index contributed by atoms with van der Waals surface area (Å²) in [7, 11) is 0. The molecule has 6 nitrogen and oxygen atoms in total. The zero-order chi connectivity index (χ0) is 17.5. The summed E-state index contributed by atoms with van der Waals surface area (Å²) in [5.41, 5.74) is 0. The van der Waals surface area contributed by atoms with Crippen LogP contribution in [0.4, 0.5) is 0 Å². The van der Waals surface area contributed by atoms with Crippen molar-refractivity contribution in [2.75, 3.05) is 6.54 Å². The highest BCUT2D eigenvalue weighted by atomic mass is 79.9. The minimum Gasteiger partial charge on any atom is -0.486 e. The summed E-state index contributed by atoms with van der Waals surface area (Å²) in [6, 6.07) is 10.7. The molecule has 1 amide bonds. The van der Waals surface area contributed by atoms with Gasteiger partial charge in [-0.1, -0.05) is 28.9 Å². The van der Waals surface area contributed by atoms with Gasteiger partial charge in [-0.05, 0) is 36.2 Å². The number of hydrogen-bond acceptors (Lipinski definition) is 4. The smallest absolute Gasteiger partial charge is 0.303 e. The van der Waals surface area contributed by atoms with Crippen LogP contribution in [0.2, 0.25) is 0 Å². The van der Waals surface area contributed by atoms with Crippen LogP contribution in [0.1, 0.15) is 29.7 Å². The lowest BCUT2D eigenvalue weighted by atomic mass is 10.1. The minimum absolute atomic E-state index is 0.00413. The van der Waals surface area contributed by atoms with Gasteiger partial charge in [0.2, 0.25) is 0 Å². The molecule has 128 valence electrons. The first-order valence-corrected chi connectivity index (χ1v) is 8.20. The van der Waals surface area contributed by atoms with Crippen molar-refractivity contribution in [2.45, 2.75) is 20.0 Å². The Balaban J connectivity index is 1.83. The van der Waals surface area contributed by atoms with E-state index in [1.54, 1.807) is 19.1 Å². The standard InChI is InChI=1S/C17H18BrNO5/c1-11(7-16(20)21)9-19-17(22)15-6-5-14(24-15)10-23-13-4-2-3-12(18)8-13/h2-6,8,11H,7,9-10H2,1H3,(H,19,22)(H,20,21). The van der Waals surface area contributed by atoms with Gasteiger partial charge in [0.05, 0.1) is 0 Å². The van der Waals surface area contributed by atoms with E-state index in [2.05, 4.69) is 21.2 Å². The van der Waals surface area contributed by atoms with Gasteiger partial charge < -0.3 is 19.6 Å². The molecule has 0 saturated carbocycles. The Morgan fingerprint density at radius 3 is 2.83 bits per heavy atom. The van der Waals surface area contributed by atoms with Gasteiger partial charge in [0, 0.05) is 17.4 Å². The number of aliphatic carboxylic acids is 1. The number of rotatable bonds is 8. The second-order valence-corrected chi connectivity index (χ2v) is 6.34. The van der Waals surface area contributed by atoms with E-state index in [1.807, 2.05) is 24.3 Å². The molecule has 1 aromatic carbocycles. The van der Waals surface area contributed by atoms with Crippen molar-refractivity contribution in [3.63, 3.8) is 0 Å². The Morgan fingerprint density at radius 1 is 1.33 bits per heavy atom. The fourth-order valence-electron chi connectivity index (χ4n) is 2.01. The number of amides is 1. The average molecular weight is 396 g/mol. The third-order valence-electron chi connectivity index (χ3n) is 3.20. The Labute approximate surface area is 147 Å². The molecular weight excluding hydrogens is 378 g/mol. The maximum Gasteiger partial charge on any atom is 0.303 e. The number of carboxylic acid groups (broad SMARTS) is 1. The van der Waals surface area contributed by atoms with Crippen LogP contribution in [-0.4, -0.2) is 23.5 Å². The van der Waals surface area contributed by atoms with E-state index < -0.39 is 5.97 Å². The van der Waals surface area contributed by atoms with E-state index in [0.29, 0.717) is 11.5 Å². The van der Waals surface area contributed by atoms with Gasteiger partial charge in [-0.15, -0.1) is 0 Å². The summed E-state index contributed by atoms with van der Waals surface area (Å²) in [5.74, 6) is -0.0261. The molecule has 7 heteroatoms. The molecule has 0 aliphatic heterocycles. The predicted octanol–water partition coefficient (Wildman–Crippen LogP) is 3.46. The maximum atomic E-state index is 12.0. The molecule has 0 aliphatic carbocycles. The monoisotopic (exact) mass is 395 g/mol. The molecule has 2 rings (SSSR count). The highest BCUT2D eigenvalue weighted by Crippen LogP contribution is 2.19. The topological polar surface area (TPSA) is 88.8 Å². The van der Waals surface area contributed by atoms with Crippen LogP contribution in [0, 0.1) is 5.92 Å². The van der Waals surface area contributed by atoms with Crippen molar-refractivity contribution in [1.82, 2.24) is 5.32 Å². The van der Waals surface area contributed by atoms with Crippen molar-refractivity contribution < 1.29 is 23.8 Å². The normalized spacial score (nSPS) is 11.8. The van der Waals surface area contributed by atoms with Crippen LogP contribution in [0.25, 0.3) is 0 Å². The Morgan fingerprint density at radius 2 is 2.12 bits per heavy atom. The van der Waals surface area contributed by atoms with Gasteiger partial charge in [0.25, 0.3) is 5.91 Å². The number of ether oxygens (including phenoxy) is 1. The quantitative estimate of drug-likeness (QED) is 0.714. The molecule has 0 bridgehead atoms. The number of nitrogens with one attached hydrogen (secondary N) is 1. The summed E-state index contributed by atoms with van der Waals surface area (Å²) in [5, 5.41) is 11.3. The SMILES string of the molecule is CC(CNC(=O)c1ccc(COc2cccc(Br)c2)o1)CC(=O)O. The average Bonchev–Trinajstić information content (AvgIpc) is 2.99. The first-order chi connectivity index (χ1) is 11.4. The lowest BCUT2D eigenvalue weighted by Gasteiger charge is -2.09.